The second-order valence-corrected chi connectivity index (χ2v) is 7.26. The lowest BCUT2D eigenvalue weighted by atomic mass is 10.2. The van der Waals surface area contributed by atoms with Gasteiger partial charge in [0.1, 0.15) is 5.65 Å². The molecular weight excluding hydrogens is 383 g/mol. The first-order chi connectivity index (χ1) is 13.8. The van der Waals surface area contributed by atoms with E-state index < -0.39 is 11.7 Å². The molecule has 3 aromatic heterocycles. The first-order valence-electron chi connectivity index (χ1n) is 9.13. The highest BCUT2D eigenvalue weighted by molar-refractivity contribution is 6.09. The van der Waals surface area contributed by atoms with Crippen LogP contribution in [0.15, 0.2) is 42.7 Å². The van der Waals surface area contributed by atoms with Crippen LogP contribution in [0.2, 0.25) is 0 Å². The number of rotatable bonds is 3. The van der Waals surface area contributed by atoms with Crippen molar-refractivity contribution in [3.05, 3.63) is 53.9 Å². The number of alkyl halides is 3. The van der Waals surface area contributed by atoms with E-state index >= 15 is 0 Å². The molecule has 0 unspecified atom stereocenters. The third-order valence-corrected chi connectivity index (χ3v) is 5.02. The fraction of sp³-hybridized carbons (Fsp3) is 0.250. The molecule has 6 nitrogen and oxygen atoms in total. The van der Waals surface area contributed by atoms with E-state index in [2.05, 4.69) is 15.4 Å². The Morgan fingerprint density at radius 3 is 2.52 bits per heavy atom. The SMILES string of the molecule is Cn1cc2c3cc(C(=O)NC4CC4)cnc3n(-c3ccc(C(F)(F)F)cc3)c2n1. The predicted octanol–water partition coefficient (Wildman–Crippen LogP) is 3.82. The lowest BCUT2D eigenvalue weighted by Gasteiger charge is -2.10. The van der Waals surface area contributed by atoms with Crippen LogP contribution in [0.25, 0.3) is 27.8 Å². The Labute approximate surface area is 162 Å². The number of benzene rings is 1. The van der Waals surface area contributed by atoms with Crippen LogP contribution in [-0.2, 0) is 13.2 Å². The van der Waals surface area contributed by atoms with Crippen molar-refractivity contribution in [3.63, 3.8) is 0 Å². The zero-order chi connectivity index (χ0) is 20.3. The van der Waals surface area contributed by atoms with Crippen LogP contribution < -0.4 is 5.32 Å². The minimum atomic E-state index is -4.40. The summed E-state index contributed by atoms with van der Waals surface area (Å²) in [6.07, 6.45) is 0.860. The summed E-state index contributed by atoms with van der Waals surface area (Å²) in [7, 11) is 1.76. The fourth-order valence-electron chi connectivity index (χ4n) is 3.43. The lowest BCUT2D eigenvalue weighted by Crippen LogP contribution is -2.25. The summed E-state index contributed by atoms with van der Waals surface area (Å²) in [5, 5.41) is 8.87. The summed E-state index contributed by atoms with van der Waals surface area (Å²) in [5.74, 6) is -0.179. The van der Waals surface area contributed by atoms with Crippen molar-refractivity contribution in [2.45, 2.75) is 25.1 Å². The summed E-state index contributed by atoms with van der Waals surface area (Å²) < 4.78 is 42.1. The molecule has 148 valence electrons. The number of fused-ring (bicyclic) bond motifs is 3. The van der Waals surface area contributed by atoms with Crippen LogP contribution in [-0.4, -0.2) is 31.3 Å². The topological polar surface area (TPSA) is 64.7 Å². The van der Waals surface area contributed by atoms with Crippen LogP contribution in [0.1, 0.15) is 28.8 Å². The molecule has 4 aromatic rings. The molecule has 29 heavy (non-hydrogen) atoms. The molecule has 0 radical (unpaired) electrons. The molecule has 0 saturated heterocycles. The normalized spacial score (nSPS) is 14.6. The molecule has 9 heteroatoms. The van der Waals surface area contributed by atoms with E-state index in [4.69, 9.17) is 0 Å². The molecular formula is C20H16F3N5O. The molecule has 1 N–H and O–H groups in total. The van der Waals surface area contributed by atoms with Gasteiger partial charge in [0.05, 0.1) is 11.1 Å². The summed E-state index contributed by atoms with van der Waals surface area (Å²) in [5.41, 5.74) is 1.33. The van der Waals surface area contributed by atoms with Crippen molar-refractivity contribution in [1.82, 2.24) is 24.6 Å². The van der Waals surface area contributed by atoms with E-state index in [9.17, 15) is 18.0 Å². The summed E-state index contributed by atoms with van der Waals surface area (Å²) in [4.78, 5) is 16.9. The van der Waals surface area contributed by atoms with E-state index in [1.165, 1.54) is 18.3 Å². The molecule has 1 amide bonds. The van der Waals surface area contributed by atoms with Gasteiger partial charge in [0, 0.05) is 41.9 Å². The Morgan fingerprint density at radius 1 is 1.14 bits per heavy atom. The minimum Gasteiger partial charge on any atom is -0.349 e. The first-order valence-corrected chi connectivity index (χ1v) is 9.13. The Hall–Kier alpha value is -3.36. The molecule has 1 aliphatic rings. The van der Waals surface area contributed by atoms with Gasteiger partial charge in [0.15, 0.2) is 5.65 Å². The maximum atomic E-state index is 12.9. The van der Waals surface area contributed by atoms with Crippen molar-refractivity contribution >= 4 is 28.0 Å². The van der Waals surface area contributed by atoms with Crippen molar-refractivity contribution in [3.8, 4) is 5.69 Å². The third-order valence-electron chi connectivity index (χ3n) is 5.02. The van der Waals surface area contributed by atoms with Gasteiger partial charge in [0.25, 0.3) is 5.91 Å². The minimum absolute atomic E-state index is 0.179. The van der Waals surface area contributed by atoms with Crippen LogP contribution in [0.3, 0.4) is 0 Å². The van der Waals surface area contributed by atoms with Crippen molar-refractivity contribution in [1.29, 1.82) is 0 Å². The summed E-state index contributed by atoms with van der Waals surface area (Å²) >= 11 is 0. The van der Waals surface area contributed by atoms with Gasteiger partial charge in [-0.05, 0) is 43.2 Å². The molecule has 5 rings (SSSR count). The largest absolute Gasteiger partial charge is 0.416 e. The van der Waals surface area contributed by atoms with E-state index in [1.54, 1.807) is 22.4 Å². The molecule has 1 aliphatic carbocycles. The van der Waals surface area contributed by atoms with E-state index in [0.29, 0.717) is 22.5 Å². The Morgan fingerprint density at radius 2 is 1.86 bits per heavy atom. The highest BCUT2D eigenvalue weighted by Gasteiger charge is 2.30. The van der Waals surface area contributed by atoms with Crippen molar-refractivity contribution < 1.29 is 18.0 Å². The number of hydrogen-bond donors (Lipinski definition) is 1. The third kappa shape index (κ3) is 3.02. The quantitative estimate of drug-likeness (QED) is 0.570. The number of amides is 1. The Bertz CT molecular complexity index is 1250. The molecule has 0 bridgehead atoms. The molecule has 3 heterocycles. The van der Waals surface area contributed by atoms with Crippen LogP contribution >= 0.6 is 0 Å². The molecule has 0 spiro atoms. The average molecular weight is 399 g/mol. The lowest BCUT2D eigenvalue weighted by molar-refractivity contribution is -0.137. The van der Waals surface area contributed by atoms with Gasteiger partial charge in [-0.2, -0.15) is 18.3 Å². The number of halogens is 3. The van der Waals surface area contributed by atoms with E-state index in [0.717, 1.165) is 35.7 Å². The van der Waals surface area contributed by atoms with Crippen LogP contribution in [0.5, 0.6) is 0 Å². The van der Waals surface area contributed by atoms with Crippen LogP contribution in [0.4, 0.5) is 13.2 Å². The highest BCUT2D eigenvalue weighted by Crippen LogP contribution is 2.33. The number of nitrogens with one attached hydrogen (secondary N) is 1. The van der Waals surface area contributed by atoms with Gasteiger partial charge in [-0.25, -0.2) is 4.98 Å². The Balaban J connectivity index is 1.66. The molecule has 1 fully saturated rings. The molecule has 0 atom stereocenters. The standard InChI is InChI=1S/C20H16F3N5O/c1-27-10-16-15-8-11(19(29)25-13-4-5-13)9-24-17(15)28(18(16)26-27)14-6-2-12(3-7-14)20(21,22)23/h2-3,6-10,13H,4-5H2,1H3,(H,25,29). The van der Waals surface area contributed by atoms with Crippen LogP contribution in [0, 0.1) is 0 Å². The Kier molecular flexibility index (Phi) is 3.71. The number of hydrogen-bond acceptors (Lipinski definition) is 3. The molecule has 1 saturated carbocycles. The summed E-state index contributed by atoms with van der Waals surface area (Å²) in [6, 6.07) is 6.84. The van der Waals surface area contributed by atoms with E-state index in [1.807, 2.05) is 6.20 Å². The zero-order valence-electron chi connectivity index (χ0n) is 15.4. The number of aryl methyl sites for hydroxylation is 1. The number of pyridine rings is 1. The number of aromatic nitrogens is 4. The van der Waals surface area contributed by atoms with Gasteiger partial charge in [0.2, 0.25) is 0 Å². The van der Waals surface area contributed by atoms with E-state index in [-0.39, 0.29) is 11.9 Å². The highest BCUT2D eigenvalue weighted by atomic mass is 19.4. The number of carbonyl (C=O) groups is 1. The maximum absolute atomic E-state index is 12.9. The number of nitrogens with zero attached hydrogens (tertiary/aromatic N) is 4. The molecule has 1 aromatic carbocycles. The van der Waals surface area contributed by atoms with Gasteiger partial charge < -0.3 is 5.32 Å². The zero-order valence-corrected chi connectivity index (χ0v) is 15.4. The predicted molar refractivity (Wildman–Crippen MR) is 101 cm³/mol. The smallest absolute Gasteiger partial charge is 0.349 e. The van der Waals surface area contributed by atoms with Crippen molar-refractivity contribution in [2.24, 2.45) is 7.05 Å². The maximum Gasteiger partial charge on any atom is 0.416 e. The van der Waals surface area contributed by atoms with Gasteiger partial charge in [-0.15, -0.1) is 0 Å². The summed E-state index contributed by atoms with van der Waals surface area (Å²) in [6.45, 7) is 0. The monoisotopic (exact) mass is 399 g/mol. The fourth-order valence-corrected chi connectivity index (χ4v) is 3.43. The van der Waals surface area contributed by atoms with Gasteiger partial charge >= 0.3 is 6.18 Å². The first kappa shape index (κ1) is 17.7. The van der Waals surface area contributed by atoms with Gasteiger partial charge in [-0.1, -0.05) is 0 Å². The molecule has 0 aliphatic heterocycles. The number of carbonyl (C=O) groups excluding carboxylic acids is 1. The van der Waals surface area contributed by atoms with Gasteiger partial charge in [-0.3, -0.25) is 14.0 Å². The second kappa shape index (κ2) is 6.07. The van der Waals surface area contributed by atoms with Crippen molar-refractivity contribution in [2.75, 3.05) is 0 Å². The second-order valence-electron chi connectivity index (χ2n) is 7.26. The average Bonchev–Trinajstić information content (AvgIpc) is 3.34.